The molecule has 7 heteroatoms. The first-order chi connectivity index (χ1) is 11.0. The Balaban J connectivity index is 1.62. The van der Waals surface area contributed by atoms with E-state index >= 15 is 0 Å². The average Bonchev–Trinajstić information content (AvgIpc) is 3.16. The van der Waals surface area contributed by atoms with Crippen LogP contribution in [0.3, 0.4) is 0 Å². The second kappa shape index (κ2) is 6.78. The fourth-order valence-electron chi connectivity index (χ4n) is 2.83. The number of carbonyl (C=O) groups excluding carboxylic acids is 1. The van der Waals surface area contributed by atoms with E-state index in [0.29, 0.717) is 24.8 Å². The number of aryl methyl sites for hydroxylation is 1. The zero-order chi connectivity index (χ0) is 16.4. The molecule has 0 N–H and O–H groups in total. The molecule has 2 aromatic heterocycles. The van der Waals surface area contributed by atoms with Crippen LogP contribution in [-0.2, 0) is 11.2 Å². The molecule has 0 spiro atoms. The number of carbonyl (C=O) groups is 1. The lowest BCUT2D eigenvalue weighted by molar-refractivity contribution is -0.131. The van der Waals surface area contributed by atoms with Gasteiger partial charge in [0.15, 0.2) is 5.82 Å². The van der Waals surface area contributed by atoms with E-state index in [1.54, 1.807) is 18.3 Å². The number of piperidine rings is 1. The number of amides is 1. The van der Waals surface area contributed by atoms with Crippen molar-refractivity contribution in [2.45, 2.75) is 51.9 Å². The summed E-state index contributed by atoms with van der Waals surface area (Å²) in [7, 11) is 0. The highest BCUT2D eigenvalue weighted by Gasteiger charge is 2.28. The SMILES string of the molecule is Cc1nc(C2CCCN(C(=O)Cc3csc(C(C)C)n3)C2)no1. The van der Waals surface area contributed by atoms with E-state index in [1.165, 1.54) is 0 Å². The van der Waals surface area contributed by atoms with E-state index in [-0.39, 0.29) is 11.8 Å². The van der Waals surface area contributed by atoms with Crippen molar-refractivity contribution in [1.82, 2.24) is 20.0 Å². The third-order valence-corrected chi connectivity index (χ3v) is 5.27. The topological polar surface area (TPSA) is 72.1 Å². The van der Waals surface area contributed by atoms with Gasteiger partial charge in [0.25, 0.3) is 0 Å². The predicted molar refractivity (Wildman–Crippen MR) is 87.5 cm³/mol. The number of hydrogen-bond donors (Lipinski definition) is 0. The fourth-order valence-corrected chi connectivity index (χ4v) is 3.67. The second-order valence-electron chi connectivity index (χ2n) is 6.36. The summed E-state index contributed by atoms with van der Waals surface area (Å²) in [6, 6.07) is 0. The van der Waals surface area contributed by atoms with Crippen LogP contribution in [0.2, 0.25) is 0 Å². The molecule has 1 aliphatic rings. The molecule has 1 aliphatic heterocycles. The summed E-state index contributed by atoms with van der Waals surface area (Å²) in [5.41, 5.74) is 0.876. The van der Waals surface area contributed by atoms with Crippen LogP contribution in [-0.4, -0.2) is 39.0 Å². The number of aromatic nitrogens is 3. The van der Waals surface area contributed by atoms with Crippen LogP contribution < -0.4 is 0 Å². The van der Waals surface area contributed by atoms with Crippen LogP contribution in [0.25, 0.3) is 0 Å². The summed E-state index contributed by atoms with van der Waals surface area (Å²) in [4.78, 5) is 23.3. The summed E-state index contributed by atoms with van der Waals surface area (Å²) < 4.78 is 5.06. The Morgan fingerprint density at radius 2 is 2.30 bits per heavy atom. The van der Waals surface area contributed by atoms with Crippen LogP contribution in [0, 0.1) is 6.92 Å². The number of nitrogens with zero attached hydrogens (tertiary/aromatic N) is 4. The van der Waals surface area contributed by atoms with Gasteiger partial charge < -0.3 is 9.42 Å². The fraction of sp³-hybridized carbons (Fsp3) is 0.625. The van der Waals surface area contributed by atoms with Gasteiger partial charge >= 0.3 is 0 Å². The van der Waals surface area contributed by atoms with Crippen LogP contribution >= 0.6 is 11.3 Å². The summed E-state index contributed by atoms with van der Waals surface area (Å²) in [5, 5.41) is 7.09. The zero-order valence-electron chi connectivity index (χ0n) is 13.8. The maximum Gasteiger partial charge on any atom is 0.228 e. The third-order valence-electron chi connectivity index (χ3n) is 4.08. The van der Waals surface area contributed by atoms with E-state index in [0.717, 1.165) is 35.9 Å². The van der Waals surface area contributed by atoms with Crippen LogP contribution in [0.5, 0.6) is 0 Å². The lowest BCUT2D eigenvalue weighted by atomic mass is 9.97. The Labute approximate surface area is 139 Å². The maximum absolute atomic E-state index is 12.6. The molecule has 0 bridgehead atoms. The molecule has 6 nitrogen and oxygen atoms in total. The Hall–Kier alpha value is -1.76. The van der Waals surface area contributed by atoms with E-state index in [4.69, 9.17) is 4.52 Å². The number of likely N-dealkylation sites (tertiary alicyclic amines) is 1. The van der Waals surface area contributed by atoms with Gasteiger partial charge in [-0.25, -0.2) is 4.98 Å². The molecule has 1 unspecified atom stereocenters. The van der Waals surface area contributed by atoms with Gasteiger partial charge in [-0.05, 0) is 12.8 Å². The Kier molecular flexibility index (Phi) is 4.75. The van der Waals surface area contributed by atoms with Gasteiger partial charge in [-0.2, -0.15) is 4.98 Å². The average molecular weight is 334 g/mol. The van der Waals surface area contributed by atoms with Gasteiger partial charge in [0, 0.05) is 37.2 Å². The monoisotopic (exact) mass is 334 g/mol. The molecular formula is C16H22N4O2S. The summed E-state index contributed by atoms with van der Waals surface area (Å²) >= 11 is 1.63. The normalized spacial score (nSPS) is 18.6. The first-order valence-electron chi connectivity index (χ1n) is 8.05. The van der Waals surface area contributed by atoms with Gasteiger partial charge in [-0.15, -0.1) is 11.3 Å². The van der Waals surface area contributed by atoms with E-state index in [2.05, 4.69) is 29.0 Å². The van der Waals surface area contributed by atoms with Crippen LogP contribution in [0.1, 0.15) is 60.9 Å². The molecule has 0 saturated carbocycles. The van der Waals surface area contributed by atoms with E-state index in [1.807, 2.05) is 10.3 Å². The number of thiazole rings is 1. The highest BCUT2D eigenvalue weighted by atomic mass is 32.1. The zero-order valence-corrected chi connectivity index (χ0v) is 14.6. The molecule has 0 aromatic carbocycles. The highest BCUT2D eigenvalue weighted by Crippen LogP contribution is 2.26. The van der Waals surface area contributed by atoms with Crippen molar-refractivity contribution >= 4 is 17.2 Å². The largest absolute Gasteiger partial charge is 0.342 e. The first kappa shape index (κ1) is 16.1. The lowest BCUT2D eigenvalue weighted by Gasteiger charge is -2.31. The first-order valence-corrected chi connectivity index (χ1v) is 8.93. The van der Waals surface area contributed by atoms with E-state index in [9.17, 15) is 4.79 Å². The van der Waals surface area contributed by atoms with Crippen molar-refractivity contribution in [2.24, 2.45) is 0 Å². The standard InChI is InChI=1S/C16H22N4O2S/c1-10(2)16-18-13(9-23-16)7-14(21)20-6-4-5-12(8-20)15-17-11(3)22-19-15/h9-10,12H,4-8H2,1-3H3. The third kappa shape index (κ3) is 3.77. The van der Waals surface area contributed by atoms with Crippen molar-refractivity contribution in [3.05, 3.63) is 27.8 Å². The van der Waals surface area contributed by atoms with Crippen molar-refractivity contribution in [1.29, 1.82) is 0 Å². The van der Waals surface area contributed by atoms with Crippen molar-refractivity contribution < 1.29 is 9.32 Å². The number of rotatable bonds is 4. The van der Waals surface area contributed by atoms with E-state index < -0.39 is 0 Å². The van der Waals surface area contributed by atoms with Gasteiger partial charge in [-0.1, -0.05) is 19.0 Å². The molecule has 1 saturated heterocycles. The molecule has 23 heavy (non-hydrogen) atoms. The predicted octanol–water partition coefficient (Wildman–Crippen LogP) is 2.91. The maximum atomic E-state index is 12.6. The summed E-state index contributed by atoms with van der Waals surface area (Å²) in [6.07, 6.45) is 2.34. The molecule has 3 rings (SSSR count). The lowest BCUT2D eigenvalue weighted by Crippen LogP contribution is -2.40. The van der Waals surface area contributed by atoms with Crippen molar-refractivity contribution in [3.63, 3.8) is 0 Å². The van der Waals surface area contributed by atoms with Crippen molar-refractivity contribution in [3.8, 4) is 0 Å². The minimum absolute atomic E-state index is 0.135. The molecular weight excluding hydrogens is 312 g/mol. The minimum atomic E-state index is 0.135. The van der Waals surface area contributed by atoms with Gasteiger partial charge in [0.05, 0.1) is 17.1 Å². The molecule has 1 atom stereocenters. The smallest absolute Gasteiger partial charge is 0.228 e. The highest BCUT2D eigenvalue weighted by molar-refractivity contribution is 7.09. The number of hydrogen-bond acceptors (Lipinski definition) is 6. The summed E-state index contributed by atoms with van der Waals surface area (Å²) in [6.45, 7) is 7.49. The van der Waals surface area contributed by atoms with Crippen molar-refractivity contribution in [2.75, 3.05) is 13.1 Å². The quantitative estimate of drug-likeness (QED) is 0.859. The molecule has 0 radical (unpaired) electrons. The van der Waals surface area contributed by atoms with Gasteiger partial charge in [-0.3, -0.25) is 4.79 Å². The minimum Gasteiger partial charge on any atom is -0.342 e. The molecule has 2 aromatic rings. The molecule has 1 amide bonds. The summed E-state index contributed by atoms with van der Waals surface area (Å²) in [5.74, 6) is 2.01. The molecule has 1 fully saturated rings. The second-order valence-corrected chi connectivity index (χ2v) is 7.25. The Morgan fingerprint density at radius 3 is 2.96 bits per heavy atom. The molecule has 3 heterocycles. The molecule has 124 valence electrons. The van der Waals surface area contributed by atoms with Gasteiger partial charge in [0.2, 0.25) is 11.8 Å². The Morgan fingerprint density at radius 1 is 1.48 bits per heavy atom. The van der Waals surface area contributed by atoms with Crippen LogP contribution in [0.15, 0.2) is 9.90 Å². The Bertz CT molecular complexity index is 679. The van der Waals surface area contributed by atoms with Crippen LogP contribution in [0.4, 0.5) is 0 Å². The van der Waals surface area contributed by atoms with Gasteiger partial charge in [0.1, 0.15) is 0 Å². The molecule has 0 aliphatic carbocycles.